The number of rotatable bonds is 3. The summed E-state index contributed by atoms with van der Waals surface area (Å²) in [6, 6.07) is 8.28. The molecule has 90 valence electrons. The summed E-state index contributed by atoms with van der Waals surface area (Å²) in [6.45, 7) is 0. The van der Waals surface area contributed by atoms with Gasteiger partial charge in [0, 0.05) is 25.7 Å². The van der Waals surface area contributed by atoms with Crippen LogP contribution in [0.2, 0.25) is 0 Å². The number of methoxy groups -OCH3 is 1. The van der Waals surface area contributed by atoms with Crippen molar-refractivity contribution in [2.75, 3.05) is 14.2 Å². The first-order chi connectivity index (χ1) is 8.19. The van der Waals surface area contributed by atoms with Crippen molar-refractivity contribution in [3.63, 3.8) is 0 Å². The smallest absolute Gasteiger partial charge is 0.159 e. The summed E-state index contributed by atoms with van der Waals surface area (Å²) in [7, 11) is 3.67. The van der Waals surface area contributed by atoms with Gasteiger partial charge in [0.2, 0.25) is 0 Å². The maximum atomic E-state index is 11.4. The number of nitrogens with zero attached hydrogens (tertiary/aromatic N) is 1. The number of carbonyl (C=O) groups excluding carboxylic acids is 1. The fraction of sp³-hybridized carbons (Fsp3) is 0.357. The van der Waals surface area contributed by atoms with Crippen molar-refractivity contribution in [1.82, 2.24) is 4.90 Å². The predicted molar refractivity (Wildman–Crippen MR) is 67.0 cm³/mol. The van der Waals surface area contributed by atoms with Gasteiger partial charge in [-0.2, -0.15) is 0 Å². The van der Waals surface area contributed by atoms with Crippen LogP contribution in [0.15, 0.2) is 36.5 Å². The minimum Gasteiger partial charge on any atom is -0.497 e. The lowest BCUT2D eigenvalue weighted by molar-refractivity contribution is -0.116. The molecule has 0 bridgehead atoms. The number of hydrogen-bond acceptors (Lipinski definition) is 3. The molecule has 3 nitrogen and oxygen atoms in total. The van der Waals surface area contributed by atoms with Crippen molar-refractivity contribution in [3.05, 3.63) is 42.1 Å². The zero-order valence-electron chi connectivity index (χ0n) is 10.2. The Labute approximate surface area is 102 Å². The Morgan fingerprint density at radius 3 is 2.71 bits per heavy atom. The van der Waals surface area contributed by atoms with Gasteiger partial charge in [-0.15, -0.1) is 0 Å². The van der Waals surface area contributed by atoms with Crippen LogP contribution in [0.25, 0.3) is 0 Å². The third-order valence-electron chi connectivity index (χ3n) is 3.14. The molecule has 0 fully saturated rings. The van der Waals surface area contributed by atoms with E-state index in [1.807, 2.05) is 25.4 Å². The lowest BCUT2D eigenvalue weighted by atomic mass is 9.98. The Morgan fingerprint density at radius 2 is 2.06 bits per heavy atom. The average Bonchev–Trinajstić information content (AvgIpc) is 2.35. The van der Waals surface area contributed by atoms with E-state index in [9.17, 15) is 4.79 Å². The molecule has 0 spiro atoms. The van der Waals surface area contributed by atoms with Crippen LogP contribution in [0, 0.1) is 0 Å². The van der Waals surface area contributed by atoms with Crippen molar-refractivity contribution in [2.24, 2.45) is 0 Å². The second-order valence-electron chi connectivity index (χ2n) is 4.36. The number of hydrogen-bond donors (Lipinski definition) is 0. The molecular formula is C14H17NO2. The van der Waals surface area contributed by atoms with Crippen LogP contribution in [0.4, 0.5) is 0 Å². The molecule has 17 heavy (non-hydrogen) atoms. The zero-order chi connectivity index (χ0) is 12.3. The van der Waals surface area contributed by atoms with E-state index >= 15 is 0 Å². The average molecular weight is 231 g/mol. The van der Waals surface area contributed by atoms with Gasteiger partial charge in [-0.05, 0) is 30.2 Å². The quantitative estimate of drug-likeness (QED) is 0.797. The van der Waals surface area contributed by atoms with E-state index in [4.69, 9.17) is 4.74 Å². The predicted octanol–water partition coefficient (Wildman–Crippen LogP) is 2.02. The Kier molecular flexibility index (Phi) is 3.47. The van der Waals surface area contributed by atoms with E-state index in [1.54, 1.807) is 13.2 Å². The Balaban J connectivity index is 2.04. The SMILES string of the molecule is COc1ccc(CC2CC(=O)C=CN2C)cc1. The number of ketones is 1. The topological polar surface area (TPSA) is 29.5 Å². The zero-order valence-corrected chi connectivity index (χ0v) is 10.2. The standard InChI is InChI=1S/C14H17NO2/c1-15-8-7-13(16)10-12(15)9-11-3-5-14(17-2)6-4-11/h3-8,12H,9-10H2,1-2H3. The molecule has 1 heterocycles. The van der Waals surface area contributed by atoms with Crippen LogP contribution in [-0.2, 0) is 11.2 Å². The number of ether oxygens (including phenoxy) is 1. The highest BCUT2D eigenvalue weighted by molar-refractivity contribution is 5.90. The lowest BCUT2D eigenvalue weighted by Gasteiger charge is -2.29. The van der Waals surface area contributed by atoms with Gasteiger partial charge in [-0.25, -0.2) is 0 Å². The van der Waals surface area contributed by atoms with Gasteiger partial charge in [0.05, 0.1) is 7.11 Å². The number of carbonyl (C=O) groups is 1. The Hall–Kier alpha value is -1.77. The molecule has 1 atom stereocenters. The fourth-order valence-electron chi connectivity index (χ4n) is 2.02. The minimum absolute atomic E-state index is 0.210. The summed E-state index contributed by atoms with van der Waals surface area (Å²) in [4.78, 5) is 13.5. The number of likely N-dealkylation sites (N-methyl/N-ethyl adjacent to an activating group) is 1. The molecule has 2 rings (SSSR count). The van der Waals surface area contributed by atoms with Crippen molar-refractivity contribution < 1.29 is 9.53 Å². The largest absolute Gasteiger partial charge is 0.497 e. The van der Waals surface area contributed by atoms with Crippen LogP contribution < -0.4 is 4.74 Å². The third-order valence-corrected chi connectivity index (χ3v) is 3.14. The van der Waals surface area contributed by atoms with Gasteiger partial charge in [0.1, 0.15) is 5.75 Å². The molecule has 1 aromatic rings. The summed E-state index contributed by atoms with van der Waals surface area (Å²) in [6.07, 6.45) is 4.99. The second kappa shape index (κ2) is 5.04. The molecule has 1 unspecified atom stereocenters. The van der Waals surface area contributed by atoms with Gasteiger partial charge in [0.25, 0.3) is 0 Å². The van der Waals surface area contributed by atoms with Gasteiger partial charge in [-0.3, -0.25) is 4.79 Å². The highest BCUT2D eigenvalue weighted by Gasteiger charge is 2.19. The van der Waals surface area contributed by atoms with E-state index in [2.05, 4.69) is 17.0 Å². The van der Waals surface area contributed by atoms with Crippen LogP contribution in [-0.4, -0.2) is 30.9 Å². The van der Waals surface area contributed by atoms with Crippen molar-refractivity contribution in [2.45, 2.75) is 18.9 Å². The highest BCUT2D eigenvalue weighted by atomic mass is 16.5. The Bertz CT molecular complexity index is 422. The first kappa shape index (κ1) is 11.7. The van der Waals surface area contributed by atoms with Crippen LogP contribution >= 0.6 is 0 Å². The van der Waals surface area contributed by atoms with Crippen LogP contribution in [0.5, 0.6) is 5.75 Å². The molecule has 0 N–H and O–H groups in total. The monoisotopic (exact) mass is 231 g/mol. The van der Waals surface area contributed by atoms with Gasteiger partial charge in [-0.1, -0.05) is 12.1 Å². The molecule has 1 aromatic carbocycles. The van der Waals surface area contributed by atoms with Gasteiger partial charge in [0.15, 0.2) is 5.78 Å². The molecule has 0 amide bonds. The minimum atomic E-state index is 0.210. The van der Waals surface area contributed by atoms with E-state index in [1.165, 1.54) is 5.56 Å². The van der Waals surface area contributed by atoms with E-state index in [0.29, 0.717) is 6.42 Å². The normalized spacial score (nSPS) is 19.5. The Morgan fingerprint density at radius 1 is 1.35 bits per heavy atom. The van der Waals surface area contributed by atoms with E-state index in [-0.39, 0.29) is 11.8 Å². The van der Waals surface area contributed by atoms with Crippen molar-refractivity contribution >= 4 is 5.78 Å². The second-order valence-corrected chi connectivity index (χ2v) is 4.36. The van der Waals surface area contributed by atoms with Crippen molar-refractivity contribution in [3.8, 4) is 5.75 Å². The van der Waals surface area contributed by atoms with Gasteiger partial charge >= 0.3 is 0 Å². The van der Waals surface area contributed by atoms with Crippen LogP contribution in [0.1, 0.15) is 12.0 Å². The number of allylic oxidation sites excluding steroid dienone is 1. The first-order valence-electron chi connectivity index (χ1n) is 5.75. The van der Waals surface area contributed by atoms with Crippen molar-refractivity contribution in [1.29, 1.82) is 0 Å². The van der Waals surface area contributed by atoms with E-state index in [0.717, 1.165) is 12.2 Å². The molecule has 0 aromatic heterocycles. The molecule has 1 aliphatic rings. The molecule has 0 saturated carbocycles. The number of benzene rings is 1. The third kappa shape index (κ3) is 2.87. The van der Waals surface area contributed by atoms with Crippen LogP contribution in [0.3, 0.4) is 0 Å². The molecule has 0 saturated heterocycles. The first-order valence-corrected chi connectivity index (χ1v) is 5.75. The summed E-state index contributed by atoms with van der Waals surface area (Å²) in [5, 5.41) is 0. The fourth-order valence-corrected chi connectivity index (χ4v) is 2.02. The molecule has 3 heteroatoms. The summed E-state index contributed by atoms with van der Waals surface area (Å²) in [5.74, 6) is 1.07. The summed E-state index contributed by atoms with van der Waals surface area (Å²) < 4.78 is 5.12. The summed E-state index contributed by atoms with van der Waals surface area (Å²) >= 11 is 0. The summed E-state index contributed by atoms with van der Waals surface area (Å²) in [5.41, 5.74) is 1.23. The molecular weight excluding hydrogens is 214 g/mol. The molecule has 0 aliphatic carbocycles. The van der Waals surface area contributed by atoms with E-state index < -0.39 is 0 Å². The molecule has 1 aliphatic heterocycles. The van der Waals surface area contributed by atoms with Gasteiger partial charge < -0.3 is 9.64 Å². The molecule has 0 radical (unpaired) electrons. The maximum absolute atomic E-state index is 11.4. The lowest BCUT2D eigenvalue weighted by Crippen LogP contribution is -2.34. The highest BCUT2D eigenvalue weighted by Crippen LogP contribution is 2.18. The maximum Gasteiger partial charge on any atom is 0.159 e.